The lowest BCUT2D eigenvalue weighted by atomic mass is 9.85. The molecule has 1 aliphatic heterocycles. The van der Waals surface area contributed by atoms with Crippen LogP contribution in [0.25, 0.3) is 11.2 Å². The molecular formula is C86H119N13O17S3. The molecular weight excluding hydrogens is 1580 g/mol. The molecule has 0 unspecified atom stereocenters. The van der Waals surface area contributed by atoms with Gasteiger partial charge in [0.2, 0.25) is 41.4 Å². The molecule has 11 atom stereocenters. The van der Waals surface area contributed by atoms with E-state index in [1.54, 1.807) is 54.6 Å². The molecule has 0 saturated carbocycles. The number of nitrogen functional groups attached to an aromatic ring is 1. The van der Waals surface area contributed by atoms with Gasteiger partial charge in [-0.2, -0.15) is 4.98 Å². The number of carbonyl (C=O) groups excluding carboxylic acids is 13. The number of ketones is 5. The van der Waals surface area contributed by atoms with Gasteiger partial charge in [-0.3, -0.25) is 77.0 Å². The molecule has 119 heavy (non-hydrogen) atoms. The Morgan fingerprint density at radius 2 is 1.45 bits per heavy atom. The van der Waals surface area contributed by atoms with Gasteiger partial charge in [-0.05, 0) is 126 Å². The van der Waals surface area contributed by atoms with Crippen LogP contribution in [-0.2, 0) is 81.5 Å². The average molecular weight is 1700 g/mol. The molecule has 9 N–H and O–H groups in total. The van der Waals surface area contributed by atoms with E-state index in [9.17, 15) is 67.4 Å². The number of nitrogens with one attached hydrogen (secondary N) is 6. The van der Waals surface area contributed by atoms with Gasteiger partial charge in [0, 0.05) is 118 Å². The van der Waals surface area contributed by atoms with Gasteiger partial charge in [-0.1, -0.05) is 119 Å². The first-order chi connectivity index (χ1) is 56.7. The zero-order valence-electron chi connectivity index (χ0n) is 70.3. The minimum absolute atomic E-state index is 0.0132. The van der Waals surface area contributed by atoms with E-state index in [0.717, 1.165) is 41.9 Å². The highest BCUT2D eigenvalue weighted by Crippen LogP contribution is 2.34. The first-order valence-electron chi connectivity index (χ1n) is 41.1. The van der Waals surface area contributed by atoms with Gasteiger partial charge >= 0.3 is 11.9 Å². The van der Waals surface area contributed by atoms with Crippen molar-refractivity contribution in [2.75, 3.05) is 57.1 Å². The fraction of sp³-hybridized carbons (Fsp3) is 0.581. The maximum Gasteiger partial charge on any atom is 0.325 e. The van der Waals surface area contributed by atoms with E-state index in [2.05, 4.69) is 52.4 Å². The lowest BCUT2D eigenvalue weighted by molar-refractivity contribution is -0.150. The number of thiazole rings is 1. The number of aromatic hydroxyl groups is 1. The molecule has 0 spiro atoms. The van der Waals surface area contributed by atoms with Gasteiger partial charge < -0.3 is 51.8 Å². The summed E-state index contributed by atoms with van der Waals surface area (Å²) in [5.74, 6) is -5.15. The van der Waals surface area contributed by atoms with Crippen molar-refractivity contribution in [3.8, 4) is 18.1 Å². The number of aryl methyl sites for hydroxylation is 2. The third kappa shape index (κ3) is 33.0. The number of likely N-dealkylation sites (N-methyl/N-ethyl adjacent to an activating group) is 1. The van der Waals surface area contributed by atoms with Crippen LogP contribution in [0.1, 0.15) is 227 Å². The predicted octanol–water partition coefficient (Wildman–Crippen LogP) is 9.13. The number of likely N-dealkylation sites (tertiary alicyclic amines) is 1. The van der Waals surface area contributed by atoms with Gasteiger partial charge in [-0.15, -0.1) is 23.7 Å². The number of fused-ring (bicyclic) bond motifs is 1. The molecule has 5 aromatic rings. The van der Waals surface area contributed by atoms with E-state index in [0.29, 0.717) is 85.6 Å². The van der Waals surface area contributed by atoms with Gasteiger partial charge in [0.1, 0.15) is 41.4 Å². The summed E-state index contributed by atoms with van der Waals surface area (Å²) in [5.41, 5.74) is 8.33. The van der Waals surface area contributed by atoms with Crippen LogP contribution >= 0.6 is 32.9 Å². The summed E-state index contributed by atoms with van der Waals surface area (Å²) in [6.45, 7) is 17.9. The number of phenolic OH excluding ortho intramolecular Hbond substituents is 1. The molecule has 2 aromatic carbocycles. The monoisotopic (exact) mass is 1700 g/mol. The number of phenols is 1. The van der Waals surface area contributed by atoms with E-state index in [4.69, 9.17) is 26.6 Å². The Labute approximate surface area is 708 Å². The molecule has 6 rings (SSSR count). The topological polar surface area (TPSA) is 438 Å². The van der Waals surface area contributed by atoms with Crippen molar-refractivity contribution in [2.24, 2.45) is 35.5 Å². The lowest BCUT2D eigenvalue weighted by Gasteiger charge is -2.40. The van der Waals surface area contributed by atoms with E-state index >= 15 is 4.79 Å². The normalized spacial score (nSPS) is 15.4. The zero-order chi connectivity index (χ0) is 87.4. The first kappa shape index (κ1) is 98.0. The number of benzene rings is 2. The van der Waals surface area contributed by atoms with E-state index < -0.39 is 113 Å². The number of terminal acetylenes is 1. The van der Waals surface area contributed by atoms with E-state index in [1.807, 2.05) is 58.7 Å². The number of aromatic nitrogens is 5. The smallest absolute Gasteiger partial charge is 0.325 e. The summed E-state index contributed by atoms with van der Waals surface area (Å²) >= 11 is 1.13. The van der Waals surface area contributed by atoms with Gasteiger partial charge in [0.05, 0.1) is 35.9 Å². The number of rotatable bonds is 53. The molecule has 1 aliphatic rings. The standard InChI is InChI=1S/C86H119N13O17S3/c1-13-20-62(46-71(105)55(9)91-74(107)24-17-16-23-69(103)61-30-25-58(26-31-61)27-32-63-48-89-78-77(93-63)83(113)97-86(87)96-78)81(111)92-56(10)70(104)43-54(8)79(109)88-36-40-118-119-41-39-115-75(108)49-90-80(110)53(7)42-60(44-59-28-33-65(102)34-29-59)45-72(106)66-50-117-84(94-66)73(116-57(11)100)47-68(51(4)5)99(38-35-64(101)21-14-2)85(114)76(52(6)15-3)95-82(112)67-22-18-19-37-98(67)12/h1,25-26,28-31,33-34,48,50-56,60,62,67-68,73,76,102H,14-24,27,32,35-47,49H2,2-12H3,(H,88,109)(H,90,110)(H,91,107)(H,92,111)(H,95,112)(H3,87,89,96,97,113)/t52-,53+,54-,55+,56+,60-,62-,67-,68-,73-,76+/m1/s1. The highest BCUT2D eigenvalue weighted by Gasteiger charge is 2.40. The number of amides is 6. The summed E-state index contributed by atoms with van der Waals surface area (Å²) < 4.78 is 11.3. The number of aromatic amines is 1. The molecule has 1 fully saturated rings. The number of unbranched alkanes of at least 4 members (excludes halogenated alkanes) is 1. The fourth-order valence-corrected chi connectivity index (χ4v) is 16.5. The van der Waals surface area contributed by atoms with Crippen LogP contribution in [0.2, 0.25) is 0 Å². The molecule has 6 amide bonds. The van der Waals surface area contributed by atoms with Crippen molar-refractivity contribution in [1.29, 1.82) is 0 Å². The third-order valence-corrected chi connectivity index (χ3v) is 24.4. The van der Waals surface area contributed by atoms with Crippen LogP contribution in [-0.4, -0.2) is 198 Å². The number of hydrogen-bond acceptors (Lipinski definition) is 26. The highest BCUT2D eigenvalue weighted by molar-refractivity contribution is 8.76. The Morgan fingerprint density at radius 1 is 0.765 bits per heavy atom. The molecule has 0 radical (unpaired) electrons. The first-order valence-corrected chi connectivity index (χ1v) is 44.5. The van der Waals surface area contributed by atoms with Crippen molar-refractivity contribution >= 4 is 126 Å². The SMILES string of the molecule is C#CC[C@H](CC(=O)[C@H](C)NC(=O)CCCCC(=O)c1ccc(CCc2cnc3nc(N)[nH]c(=O)c3n2)cc1)C(=O)N[C@@H](C)C(=O)C[C@@H](C)C(=O)NCCSSCCOC(=O)CNC(=O)[C@@H](C)C[C@@H](CC(=O)c1csc([C@@H](C[C@H](C(C)C)N(CCC(=O)CCC)C(=O)[C@@H](NC(=O)[C@H]2CCCCN2C)[C@H](C)CC)OC(C)=O)n1)Cc1ccc(O)cc1. The number of ether oxygens (including phenoxy) is 2. The largest absolute Gasteiger partial charge is 0.508 e. The molecule has 648 valence electrons. The van der Waals surface area contributed by atoms with Crippen molar-refractivity contribution < 1.29 is 76.9 Å². The van der Waals surface area contributed by atoms with Crippen LogP contribution < -0.4 is 37.9 Å². The molecule has 3 aromatic heterocycles. The van der Waals surface area contributed by atoms with Gasteiger partial charge in [0.15, 0.2) is 40.4 Å². The summed E-state index contributed by atoms with van der Waals surface area (Å²) in [7, 11) is 4.71. The zero-order valence-corrected chi connectivity index (χ0v) is 72.8. The maximum atomic E-state index is 15.1. The third-order valence-electron chi connectivity index (χ3n) is 21.1. The summed E-state index contributed by atoms with van der Waals surface area (Å²) in [6.07, 6.45) is 12.4. The second kappa shape index (κ2) is 50.3. The number of nitrogens with two attached hydrogens (primary N) is 1. The van der Waals surface area contributed by atoms with E-state index in [1.165, 1.54) is 54.5 Å². The van der Waals surface area contributed by atoms with Crippen molar-refractivity contribution in [1.82, 2.24) is 61.3 Å². The number of carbonyl (C=O) groups is 13. The molecule has 0 aliphatic carbocycles. The number of hydrogen-bond donors (Lipinski definition) is 8. The highest BCUT2D eigenvalue weighted by atomic mass is 33.1. The predicted molar refractivity (Wildman–Crippen MR) is 457 cm³/mol. The number of Topliss-reactive ketones (excluding diaryl/α,β-unsaturated/α-hetero) is 5. The Hall–Kier alpha value is -9.78. The van der Waals surface area contributed by atoms with Crippen LogP contribution in [0, 0.1) is 47.9 Å². The Morgan fingerprint density at radius 3 is 2.13 bits per heavy atom. The van der Waals surface area contributed by atoms with Crippen LogP contribution in [0.4, 0.5) is 5.95 Å². The summed E-state index contributed by atoms with van der Waals surface area (Å²) in [4.78, 5) is 210. The number of nitrogens with zero attached hydrogens (tertiary/aromatic N) is 6. The number of esters is 2. The number of anilines is 1. The van der Waals surface area contributed by atoms with Crippen molar-refractivity contribution in [3.63, 3.8) is 0 Å². The minimum Gasteiger partial charge on any atom is -0.508 e. The Balaban J connectivity index is 0.881. The van der Waals surface area contributed by atoms with Crippen molar-refractivity contribution in [2.45, 2.75) is 234 Å². The van der Waals surface area contributed by atoms with Gasteiger partial charge in [0.25, 0.3) is 5.56 Å². The molecule has 33 heteroatoms. The van der Waals surface area contributed by atoms with E-state index in [-0.39, 0.29) is 153 Å². The molecule has 1 saturated heterocycles. The summed E-state index contributed by atoms with van der Waals surface area (Å²) in [6, 6.07) is 9.79. The summed E-state index contributed by atoms with van der Waals surface area (Å²) in [5, 5.41) is 25.8. The number of piperidine rings is 1. The maximum absolute atomic E-state index is 15.1. The second-order valence-corrected chi connectivity index (χ2v) is 34.8. The fourth-order valence-electron chi connectivity index (χ4n) is 13.9. The van der Waals surface area contributed by atoms with Crippen LogP contribution in [0.3, 0.4) is 0 Å². The average Bonchev–Trinajstić information content (AvgIpc) is 1.73. The van der Waals surface area contributed by atoms with Crippen LogP contribution in [0.15, 0.2) is 64.9 Å². The Kier molecular flexibility index (Phi) is 41.5. The van der Waals surface area contributed by atoms with Crippen LogP contribution in [0.5, 0.6) is 5.75 Å². The molecule has 0 bridgehead atoms. The Bertz CT molecular complexity index is 4380. The van der Waals surface area contributed by atoms with Crippen molar-refractivity contribution in [3.05, 3.63) is 104 Å². The second-order valence-electron chi connectivity index (χ2n) is 31.2. The molecule has 30 nitrogen and oxygen atoms in total. The number of H-pyrrole nitrogens is 1. The quantitative estimate of drug-likeness (QED) is 0.00591. The van der Waals surface area contributed by atoms with Gasteiger partial charge in [-0.25, -0.2) is 15.0 Å². The molecule has 4 heterocycles. The minimum atomic E-state index is -1.02. The lowest BCUT2D eigenvalue weighted by Crippen LogP contribution is -2.59.